The number of rotatable bonds is 10. The molecule has 1 aliphatic heterocycles. The summed E-state index contributed by atoms with van der Waals surface area (Å²) in [7, 11) is 0. The average Bonchev–Trinajstić information content (AvgIpc) is 3.21. The molecule has 2 heterocycles. The predicted octanol–water partition coefficient (Wildman–Crippen LogP) is 4.48. The Kier molecular flexibility index (Phi) is 8.22. The fraction of sp³-hybridized carbons (Fsp3) is 0.500. The molecule has 0 bridgehead atoms. The highest BCUT2D eigenvalue weighted by atomic mass is 16.6. The van der Waals surface area contributed by atoms with E-state index >= 15 is 0 Å². The fourth-order valence-corrected chi connectivity index (χ4v) is 3.81. The Labute approximate surface area is 206 Å². The van der Waals surface area contributed by atoms with Crippen molar-refractivity contribution in [2.45, 2.75) is 77.9 Å². The third-order valence-electron chi connectivity index (χ3n) is 5.64. The molecular weight excluding hydrogens is 448 g/mol. The van der Waals surface area contributed by atoms with Gasteiger partial charge in [0, 0.05) is 37.3 Å². The van der Waals surface area contributed by atoms with Crippen molar-refractivity contribution in [3.8, 4) is 0 Å². The van der Waals surface area contributed by atoms with Gasteiger partial charge in [0.25, 0.3) is 6.47 Å². The van der Waals surface area contributed by atoms with E-state index in [2.05, 4.69) is 10.3 Å². The lowest BCUT2D eigenvalue weighted by molar-refractivity contribution is -0.140. The van der Waals surface area contributed by atoms with Crippen LogP contribution in [0.15, 0.2) is 36.7 Å². The van der Waals surface area contributed by atoms with Crippen molar-refractivity contribution in [1.82, 2.24) is 14.5 Å². The standard InChI is InChI=1S/C26H36N4O5/c1-25(2,3)35-24(33)30(14-7-6-12-26(4,5)34-18-31)16-19-8-10-20(11-9-19)21-17-29-15-13-27-23(29)28-22(21)32/h8-11,13,15,17-18,22,32H,6-7,12,14,16H2,1-5H3,(H,27,28). The minimum Gasteiger partial charge on any atom is -0.462 e. The topological polar surface area (TPSA) is 106 Å². The number of carbonyl (C=O) groups is 2. The van der Waals surface area contributed by atoms with E-state index in [4.69, 9.17) is 9.47 Å². The van der Waals surface area contributed by atoms with Crippen LogP contribution in [0.2, 0.25) is 0 Å². The highest BCUT2D eigenvalue weighted by Gasteiger charge is 2.24. The summed E-state index contributed by atoms with van der Waals surface area (Å²) in [6.45, 7) is 10.7. The minimum atomic E-state index is -0.860. The first-order valence-electron chi connectivity index (χ1n) is 11.9. The number of imidazole rings is 1. The molecule has 190 valence electrons. The molecule has 0 radical (unpaired) electrons. The number of aliphatic hydroxyl groups excluding tert-OH is 1. The number of unbranched alkanes of at least 4 members (excludes halogenated alkanes) is 1. The molecular formula is C26H36N4O5. The molecule has 0 spiro atoms. The van der Waals surface area contributed by atoms with Crippen LogP contribution in [0.1, 0.15) is 65.0 Å². The first-order chi connectivity index (χ1) is 16.5. The van der Waals surface area contributed by atoms with Crippen LogP contribution in [-0.2, 0) is 20.8 Å². The zero-order valence-corrected chi connectivity index (χ0v) is 21.2. The van der Waals surface area contributed by atoms with Crippen LogP contribution in [-0.4, -0.2) is 56.1 Å². The Hall–Kier alpha value is -3.33. The van der Waals surface area contributed by atoms with E-state index in [-0.39, 0.29) is 6.09 Å². The number of aliphatic hydroxyl groups is 1. The molecule has 1 unspecified atom stereocenters. The Balaban J connectivity index is 1.67. The molecule has 1 aromatic carbocycles. The maximum Gasteiger partial charge on any atom is 0.410 e. The van der Waals surface area contributed by atoms with E-state index in [1.165, 1.54) is 0 Å². The van der Waals surface area contributed by atoms with Crippen molar-refractivity contribution in [2.24, 2.45) is 0 Å². The SMILES string of the molecule is CC(C)(C)OC(=O)N(CCCCC(C)(C)OC=O)Cc1ccc(C2=Cn3ccnc3NC2O)cc1. The summed E-state index contributed by atoms with van der Waals surface area (Å²) < 4.78 is 12.6. The Morgan fingerprint density at radius 2 is 1.91 bits per heavy atom. The van der Waals surface area contributed by atoms with Gasteiger partial charge in [0.15, 0.2) is 6.23 Å². The number of aromatic nitrogens is 2. The summed E-state index contributed by atoms with van der Waals surface area (Å²) in [5.41, 5.74) is 1.42. The van der Waals surface area contributed by atoms with Gasteiger partial charge < -0.3 is 24.8 Å². The normalized spacial score (nSPS) is 15.5. The van der Waals surface area contributed by atoms with Gasteiger partial charge in [0.05, 0.1) is 0 Å². The Morgan fingerprint density at radius 1 is 1.20 bits per heavy atom. The van der Waals surface area contributed by atoms with E-state index in [0.29, 0.717) is 31.9 Å². The first-order valence-corrected chi connectivity index (χ1v) is 11.9. The molecule has 0 fully saturated rings. The lowest BCUT2D eigenvalue weighted by Crippen LogP contribution is -2.37. The predicted molar refractivity (Wildman–Crippen MR) is 134 cm³/mol. The van der Waals surface area contributed by atoms with Crippen molar-refractivity contribution >= 4 is 30.3 Å². The molecule has 2 N–H and O–H groups in total. The van der Waals surface area contributed by atoms with Crippen LogP contribution in [0.4, 0.5) is 10.7 Å². The van der Waals surface area contributed by atoms with Gasteiger partial charge in [-0.15, -0.1) is 0 Å². The molecule has 0 aliphatic carbocycles. The first kappa shape index (κ1) is 26.3. The van der Waals surface area contributed by atoms with E-state index in [1.807, 2.05) is 75.8 Å². The van der Waals surface area contributed by atoms with Crippen LogP contribution in [0.5, 0.6) is 0 Å². The zero-order chi connectivity index (χ0) is 25.6. The number of carbonyl (C=O) groups excluding carboxylic acids is 2. The number of benzene rings is 1. The van der Waals surface area contributed by atoms with Crippen LogP contribution in [0.3, 0.4) is 0 Å². The highest BCUT2D eigenvalue weighted by molar-refractivity contribution is 5.82. The molecule has 1 aromatic heterocycles. The molecule has 35 heavy (non-hydrogen) atoms. The van der Waals surface area contributed by atoms with Crippen LogP contribution < -0.4 is 5.32 Å². The Bertz CT molecular complexity index is 1040. The zero-order valence-electron chi connectivity index (χ0n) is 21.2. The van der Waals surface area contributed by atoms with Gasteiger partial charge in [-0.2, -0.15) is 0 Å². The van der Waals surface area contributed by atoms with Crippen LogP contribution in [0, 0.1) is 0 Å². The molecule has 2 aromatic rings. The van der Waals surface area contributed by atoms with Crippen LogP contribution >= 0.6 is 0 Å². The third-order valence-corrected chi connectivity index (χ3v) is 5.64. The monoisotopic (exact) mass is 484 g/mol. The lowest BCUT2D eigenvalue weighted by atomic mass is 10.0. The third kappa shape index (κ3) is 7.58. The van der Waals surface area contributed by atoms with Crippen molar-refractivity contribution in [3.63, 3.8) is 0 Å². The highest BCUT2D eigenvalue weighted by Crippen LogP contribution is 2.27. The maximum absolute atomic E-state index is 12.9. The molecule has 1 amide bonds. The average molecular weight is 485 g/mol. The van der Waals surface area contributed by atoms with Crippen molar-refractivity contribution < 1.29 is 24.2 Å². The quantitative estimate of drug-likeness (QED) is 0.378. The summed E-state index contributed by atoms with van der Waals surface area (Å²) in [6, 6.07) is 7.76. The van der Waals surface area contributed by atoms with Crippen molar-refractivity contribution in [1.29, 1.82) is 0 Å². The molecule has 9 nitrogen and oxygen atoms in total. The summed E-state index contributed by atoms with van der Waals surface area (Å²) in [5, 5.41) is 13.4. The summed E-state index contributed by atoms with van der Waals surface area (Å²) in [4.78, 5) is 29.4. The maximum atomic E-state index is 12.9. The van der Waals surface area contributed by atoms with Crippen molar-refractivity contribution in [2.75, 3.05) is 11.9 Å². The molecule has 3 rings (SSSR count). The number of nitrogens with zero attached hydrogens (tertiary/aromatic N) is 3. The number of amides is 1. The number of ether oxygens (including phenoxy) is 2. The van der Waals surface area contributed by atoms with Gasteiger partial charge in [0.2, 0.25) is 5.95 Å². The number of hydrogen-bond donors (Lipinski definition) is 2. The smallest absolute Gasteiger partial charge is 0.410 e. The number of hydrogen-bond acceptors (Lipinski definition) is 7. The van der Waals surface area contributed by atoms with Gasteiger partial charge in [0.1, 0.15) is 11.2 Å². The summed E-state index contributed by atoms with van der Waals surface area (Å²) >= 11 is 0. The summed E-state index contributed by atoms with van der Waals surface area (Å²) in [6.07, 6.45) is 6.35. The number of fused-ring (bicyclic) bond motifs is 1. The Morgan fingerprint density at radius 3 is 2.57 bits per heavy atom. The largest absolute Gasteiger partial charge is 0.462 e. The molecule has 1 aliphatic rings. The van der Waals surface area contributed by atoms with E-state index in [1.54, 1.807) is 11.1 Å². The minimum absolute atomic E-state index is 0.368. The van der Waals surface area contributed by atoms with E-state index in [9.17, 15) is 14.7 Å². The molecule has 9 heteroatoms. The van der Waals surface area contributed by atoms with Gasteiger partial charge in [-0.1, -0.05) is 24.3 Å². The fourth-order valence-electron chi connectivity index (χ4n) is 3.81. The van der Waals surface area contributed by atoms with Crippen molar-refractivity contribution in [3.05, 3.63) is 47.8 Å². The number of anilines is 1. The lowest BCUT2D eigenvalue weighted by Gasteiger charge is -2.28. The van der Waals surface area contributed by atoms with E-state index in [0.717, 1.165) is 29.5 Å². The van der Waals surface area contributed by atoms with Gasteiger partial charge >= 0.3 is 6.09 Å². The second-order valence-corrected chi connectivity index (χ2v) is 10.3. The molecule has 0 saturated carbocycles. The number of nitrogens with one attached hydrogen (secondary N) is 1. The van der Waals surface area contributed by atoms with Crippen LogP contribution in [0.25, 0.3) is 11.8 Å². The molecule has 1 atom stereocenters. The second-order valence-electron chi connectivity index (χ2n) is 10.3. The van der Waals surface area contributed by atoms with Gasteiger partial charge in [-0.25, -0.2) is 9.78 Å². The van der Waals surface area contributed by atoms with Gasteiger partial charge in [-0.3, -0.25) is 9.36 Å². The summed E-state index contributed by atoms with van der Waals surface area (Å²) in [5.74, 6) is 0.590. The molecule has 0 saturated heterocycles. The van der Waals surface area contributed by atoms with E-state index < -0.39 is 17.4 Å². The second kappa shape index (κ2) is 10.9. The van der Waals surface area contributed by atoms with Gasteiger partial charge in [-0.05, 0) is 65.0 Å².